The van der Waals surface area contributed by atoms with Gasteiger partial charge in [0, 0.05) is 6.07 Å². The number of carbonyl (C=O) groups excluding carboxylic acids is 1. The van der Waals surface area contributed by atoms with E-state index in [-0.39, 0.29) is 16.9 Å². The van der Waals surface area contributed by atoms with Gasteiger partial charge >= 0.3 is 5.97 Å². The predicted molar refractivity (Wildman–Crippen MR) is 115 cm³/mol. The van der Waals surface area contributed by atoms with Crippen LogP contribution >= 0.6 is 0 Å². The molecule has 0 radical (unpaired) electrons. The molecule has 0 amide bonds. The van der Waals surface area contributed by atoms with Crippen LogP contribution in [0, 0.1) is 17.5 Å². The molecule has 2 rings (SSSR count). The molecule has 0 spiro atoms. The molecular formula is C25H31F3O3. The summed E-state index contributed by atoms with van der Waals surface area (Å²) in [5.74, 6) is -4.50. The minimum atomic E-state index is -1.24. The van der Waals surface area contributed by atoms with Gasteiger partial charge in [-0.15, -0.1) is 0 Å². The van der Waals surface area contributed by atoms with Crippen molar-refractivity contribution in [1.82, 2.24) is 0 Å². The molecule has 170 valence electrons. The summed E-state index contributed by atoms with van der Waals surface area (Å²) in [5, 5.41) is 0. The summed E-state index contributed by atoms with van der Waals surface area (Å²) < 4.78 is 53.2. The Kier molecular flexibility index (Phi) is 10.4. The molecule has 0 fully saturated rings. The van der Waals surface area contributed by atoms with E-state index in [1.165, 1.54) is 43.5 Å². The lowest BCUT2D eigenvalue weighted by Gasteiger charge is -2.10. The molecule has 0 saturated carbocycles. The van der Waals surface area contributed by atoms with Gasteiger partial charge in [-0.1, -0.05) is 58.4 Å². The number of halogens is 3. The number of benzene rings is 2. The van der Waals surface area contributed by atoms with E-state index in [1.807, 2.05) is 6.92 Å². The average Bonchev–Trinajstić information content (AvgIpc) is 2.76. The van der Waals surface area contributed by atoms with Gasteiger partial charge in [0.05, 0.1) is 12.2 Å². The maximum atomic E-state index is 14.4. The zero-order chi connectivity index (χ0) is 22.6. The fraction of sp³-hybridized carbons (Fsp3) is 0.480. The van der Waals surface area contributed by atoms with Crippen LogP contribution in [0.4, 0.5) is 13.2 Å². The molecule has 0 aliphatic heterocycles. The van der Waals surface area contributed by atoms with Crippen molar-refractivity contribution < 1.29 is 27.4 Å². The molecule has 0 aromatic heterocycles. The smallest absolute Gasteiger partial charge is 0.346 e. The van der Waals surface area contributed by atoms with Crippen molar-refractivity contribution in [1.29, 1.82) is 0 Å². The van der Waals surface area contributed by atoms with Crippen LogP contribution in [0.1, 0.15) is 81.1 Å². The fourth-order valence-corrected chi connectivity index (χ4v) is 3.24. The maximum absolute atomic E-state index is 14.4. The molecule has 0 heterocycles. The van der Waals surface area contributed by atoms with Crippen LogP contribution in [0.2, 0.25) is 0 Å². The van der Waals surface area contributed by atoms with Gasteiger partial charge in [-0.2, -0.15) is 4.39 Å². The van der Waals surface area contributed by atoms with E-state index in [2.05, 4.69) is 6.92 Å². The van der Waals surface area contributed by atoms with E-state index in [1.54, 1.807) is 0 Å². The molecular weight excluding hydrogens is 405 g/mol. The lowest BCUT2D eigenvalue weighted by Crippen LogP contribution is -2.12. The maximum Gasteiger partial charge on any atom is 0.346 e. The van der Waals surface area contributed by atoms with Crippen molar-refractivity contribution in [3.63, 3.8) is 0 Å². The number of esters is 1. The van der Waals surface area contributed by atoms with E-state index < -0.39 is 29.2 Å². The van der Waals surface area contributed by atoms with Crippen molar-refractivity contribution >= 4 is 5.97 Å². The van der Waals surface area contributed by atoms with Gasteiger partial charge in [0.2, 0.25) is 5.82 Å². The highest BCUT2D eigenvalue weighted by Gasteiger charge is 2.20. The van der Waals surface area contributed by atoms with Crippen molar-refractivity contribution in [3.8, 4) is 11.5 Å². The summed E-state index contributed by atoms with van der Waals surface area (Å²) in [4.78, 5) is 12.2. The number of rotatable bonds is 13. The second-order valence-corrected chi connectivity index (χ2v) is 7.60. The third-order valence-corrected chi connectivity index (χ3v) is 5.01. The second kappa shape index (κ2) is 13.0. The van der Waals surface area contributed by atoms with E-state index in [4.69, 9.17) is 9.47 Å². The third kappa shape index (κ3) is 7.60. The van der Waals surface area contributed by atoms with Crippen LogP contribution < -0.4 is 9.47 Å². The Morgan fingerprint density at radius 3 is 2.23 bits per heavy atom. The molecule has 0 N–H and O–H groups in total. The molecule has 0 aliphatic carbocycles. The zero-order valence-corrected chi connectivity index (χ0v) is 18.3. The number of hydrogen-bond acceptors (Lipinski definition) is 3. The van der Waals surface area contributed by atoms with Gasteiger partial charge in [0.15, 0.2) is 11.6 Å². The standard InChI is InChI=1S/C25H31F3O3/c1-3-5-6-7-8-9-10-11-18-12-15-22(24(28)23(18)27)31-25(29)20-14-13-19(17-21(20)26)30-16-4-2/h12-15,17H,3-11,16H2,1-2H3. The van der Waals surface area contributed by atoms with Gasteiger partial charge in [-0.05, 0) is 43.0 Å². The third-order valence-electron chi connectivity index (χ3n) is 5.01. The summed E-state index contributed by atoms with van der Waals surface area (Å²) in [5.41, 5.74) is -0.134. The van der Waals surface area contributed by atoms with Gasteiger partial charge in [0.25, 0.3) is 0 Å². The number of aryl methyl sites for hydroxylation is 1. The van der Waals surface area contributed by atoms with Crippen molar-refractivity contribution in [3.05, 3.63) is 58.9 Å². The van der Waals surface area contributed by atoms with Crippen LogP contribution in [0.15, 0.2) is 30.3 Å². The van der Waals surface area contributed by atoms with Crippen LogP contribution in [0.3, 0.4) is 0 Å². The lowest BCUT2D eigenvalue weighted by molar-refractivity contribution is 0.0721. The summed E-state index contributed by atoms with van der Waals surface area (Å²) in [7, 11) is 0. The Balaban J connectivity index is 1.95. The second-order valence-electron chi connectivity index (χ2n) is 7.60. The van der Waals surface area contributed by atoms with E-state index in [9.17, 15) is 18.0 Å². The minimum Gasteiger partial charge on any atom is -0.494 e. The lowest BCUT2D eigenvalue weighted by atomic mass is 10.0. The van der Waals surface area contributed by atoms with E-state index in [0.29, 0.717) is 13.0 Å². The molecule has 0 saturated heterocycles. The van der Waals surface area contributed by atoms with E-state index in [0.717, 1.165) is 38.2 Å². The highest BCUT2D eigenvalue weighted by molar-refractivity contribution is 5.91. The molecule has 6 heteroatoms. The van der Waals surface area contributed by atoms with Gasteiger partial charge in [-0.25, -0.2) is 13.6 Å². The number of carbonyl (C=O) groups is 1. The van der Waals surface area contributed by atoms with E-state index >= 15 is 0 Å². The van der Waals surface area contributed by atoms with Crippen LogP contribution in [-0.4, -0.2) is 12.6 Å². The Morgan fingerprint density at radius 1 is 0.839 bits per heavy atom. The first kappa shape index (κ1) is 24.8. The van der Waals surface area contributed by atoms with Crippen molar-refractivity contribution in [2.24, 2.45) is 0 Å². The Hall–Kier alpha value is -2.50. The summed E-state index contributed by atoms with van der Waals surface area (Å²) in [6.45, 7) is 4.49. The first-order valence-corrected chi connectivity index (χ1v) is 11.1. The predicted octanol–water partition coefficient (Wildman–Crippen LogP) is 7.41. The van der Waals surface area contributed by atoms with Crippen LogP contribution in [0.25, 0.3) is 0 Å². The van der Waals surface area contributed by atoms with Crippen LogP contribution in [-0.2, 0) is 6.42 Å². The molecule has 3 nitrogen and oxygen atoms in total. The van der Waals surface area contributed by atoms with Gasteiger partial charge in [0.1, 0.15) is 11.6 Å². The average molecular weight is 437 g/mol. The Labute approximate surface area is 182 Å². The molecule has 2 aromatic carbocycles. The summed E-state index contributed by atoms with van der Waals surface area (Å²) in [6, 6.07) is 6.32. The topological polar surface area (TPSA) is 35.5 Å². The first-order chi connectivity index (χ1) is 15.0. The molecule has 0 bridgehead atoms. The first-order valence-electron chi connectivity index (χ1n) is 11.1. The molecule has 0 aliphatic rings. The van der Waals surface area contributed by atoms with Gasteiger partial charge in [-0.3, -0.25) is 0 Å². The summed E-state index contributed by atoms with van der Waals surface area (Å²) >= 11 is 0. The zero-order valence-electron chi connectivity index (χ0n) is 18.3. The highest BCUT2D eigenvalue weighted by Crippen LogP contribution is 2.26. The van der Waals surface area contributed by atoms with Crippen molar-refractivity contribution in [2.75, 3.05) is 6.61 Å². The number of ether oxygens (including phenoxy) is 2. The Bertz CT molecular complexity index is 852. The number of unbranched alkanes of at least 4 members (excludes halogenated alkanes) is 6. The fourth-order valence-electron chi connectivity index (χ4n) is 3.24. The molecule has 31 heavy (non-hydrogen) atoms. The highest BCUT2D eigenvalue weighted by atomic mass is 19.2. The largest absolute Gasteiger partial charge is 0.494 e. The van der Waals surface area contributed by atoms with Crippen molar-refractivity contribution in [2.45, 2.75) is 71.6 Å². The molecule has 0 atom stereocenters. The monoisotopic (exact) mass is 436 g/mol. The quantitative estimate of drug-likeness (QED) is 0.186. The number of hydrogen-bond donors (Lipinski definition) is 0. The summed E-state index contributed by atoms with van der Waals surface area (Å²) in [6.07, 6.45) is 8.74. The molecule has 2 aromatic rings. The molecule has 0 unspecified atom stereocenters. The van der Waals surface area contributed by atoms with Gasteiger partial charge < -0.3 is 9.47 Å². The SMILES string of the molecule is CCCCCCCCCc1ccc(OC(=O)c2ccc(OCCC)cc2F)c(F)c1F. The minimum absolute atomic E-state index is 0.245. The van der Waals surface area contributed by atoms with Crippen LogP contribution in [0.5, 0.6) is 11.5 Å². The Morgan fingerprint density at radius 2 is 1.55 bits per heavy atom. The normalized spacial score (nSPS) is 10.9.